The summed E-state index contributed by atoms with van der Waals surface area (Å²) in [6.45, 7) is 0.858. The SMILES string of the molecule is CCCC(=N)c1ccc(CCCC(=O)Oc2ccc(S(=O)(=O)N(CC(=O)O)OCc3ccccc3)cc2CN)cc1. The number of ether oxygens (including phenoxy) is 1. The zero-order valence-electron chi connectivity index (χ0n) is 22.9. The van der Waals surface area contributed by atoms with Crippen LogP contribution in [0.4, 0.5) is 0 Å². The molecule has 4 N–H and O–H groups in total. The van der Waals surface area contributed by atoms with Gasteiger partial charge in [0.15, 0.2) is 0 Å². The summed E-state index contributed by atoms with van der Waals surface area (Å²) >= 11 is 0. The first kappa shape index (κ1) is 31.6. The Bertz CT molecular complexity index is 1440. The maximum atomic E-state index is 13.2. The number of sulfonamides is 1. The third-order valence-corrected chi connectivity index (χ3v) is 7.79. The number of hydroxylamine groups is 1. The second kappa shape index (κ2) is 15.2. The van der Waals surface area contributed by atoms with Crippen LogP contribution >= 0.6 is 0 Å². The zero-order chi connectivity index (χ0) is 29.8. The number of hydrogen-bond acceptors (Lipinski definition) is 8. The second-order valence-electron chi connectivity index (χ2n) is 9.35. The predicted octanol–water partition coefficient (Wildman–Crippen LogP) is 4.45. The van der Waals surface area contributed by atoms with Gasteiger partial charge in [-0.05, 0) is 54.2 Å². The third kappa shape index (κ3) is 9.32. The molecule has 11 heteroatoms. The molecule has 0 saturated carbocycles. The number of nitrogens with one attached hydrogen (secondary N) is 1. The van der Waals surface area contributed by atoms with Crippen LogP contribution in [0.15, 0.2) is 77.7 Å². The van der Waals surface area contributed by atoms with E-state index in [0.29, 0.717) is 28.6 Å². The molecule has 0 aromatic heterocycles. The largest absolute Gasteiger partial charge is 0.480 e. The molecule has 0 radical (unpaired) electrons. The highest BCUT2D eigenvalue weighted by Gasteiger charge is 2.29. The lowest BCUT2D eigenvalue weighted by Crippen LogP contribution is -2.35. The highest BCUT2D eigenvalue weighted by Crippen LogP contribution is 2.26. The molecule has 0 aliphatic heterocycles. The van der Waals surface area contributed by atoms with Crippen LogP contribution in [-0.4, -0.2) is 42.2 Å². The lowest BCUT2D eigenvalue weighted by Gasteiger charge is -2.20. The van der Waals surface area contributed by atoms with E-state index >= 15 is 0 Å². The molecule has 0 heterocycles. The van der Waals surface area contributed by atoms with Gasteiger partial charge in [-0.3, -0.25) is 14.4 Å². The fraction of sp³-hybridized carbons (Fsp3) is 0.300. The average Bonchev–Trinajstić information content (AvgIpc) is 2.96. The molecule has 0 bridgehead atoms. The molecule has 0 atom stereocenters. The van der Waals surface area contributed by atoms with Gasteiger partial charge >= 0.3 is 11.9 Å². The summed E-state index contributed by atoms with van der Waals surface area (Å²) in [5, 5.41) is 17.3. The second-order valence-corrected chi connectivity index (χ2v) is 11.2. The molecule has 0 spiro atoms. The van der Waals surface area contributed by atoms with E-state index in [4.69, 9.17) is 20.7 Å². The number of carboxylic acid groups (broad SMARTS) is 1. The fourth-order valence-corrected chi connectivity index (χ4v) is 5.24. The van der Waals surface area contributed by atoms with Crippen molar-refractivity contribution in [2.45, 2.75) is 57.1 Å². The van der Waals surface area contributed by atoms with Crippen LogP contribution in [0.3, 0.4) is 0 Å². The molecule has 10 nitrogen and oxygen atoms in total. The summed E-state index contributed by atoms with van der Waals surface area (Å²) in [7, 11) is -4.38. The summed E-state index contributed by atoms with van der Waals surface area (Å²) in [4.78, 5) is 29.0. The third-order valence-electron chi connectivity index (χ3n) is 6.17. The predicted molar refractivity (Wildman–Crippen MR) is 154 cm³/mol. The number of hydrogen-bond donors (Lipinski definition) is 3. The average molecular weight is 582 g/mol. The Hall–Kier alpha value is -3.90. The molecule has 41 heavy (non-hydrogen) atoms. The van der Waals surface area contributed by atoms with E-state index in [0.717, 1.165) is 24.0 Å². The highest BCUT2D eigenvalue weighted by molar-refractivity contribution is 7.89. The van der Waals surface area contributed by atoms with Crippen molar-refractivity contribution in [2.24, 2.45) is 5.73 Å². The van der Waals surface area contributed by atoms with Gasteiger partial charge in [-0.15, -0.1) is 0 Å². The van der Waals surface area contributed by atoms with Gasteiger partial charge in [-0.2, -0.15) is 0 Å². The lowest BCUT2D eigenvalue weighted by molar-refractivity contribution is -0.151. The van der Waals surface area contributed by atoms with Crippen molar-refractivity contribution >= 4 is 27.7 Å². The minimum absolute atomic E-state index is 0.116. The molecular weight excluding hydrogens is 546 g/mol. The van der Waals surface area contributed by atoms with Crippen LogP contribution in [0.2, 0.25) is 0 Å². The Morgan fingerprint density at radius 1 is 0.976 bits per heavy atom. The maximum Gasteiger partial charge on any atom is 0.321 e. The van der Waals surface area contributed by atoms with Crippen LogP contribution < -0.4 is 10.5 Å². The van der Waals surface area contributed by atoms with Gasteiger partial charge in [0.1, 0.15) is 12.3 Å². The van der Waals surface area contributed by atoms with Gasteiger partial charge in [0.2, 0.25) is 0 Å². The summed E-state index contributed by atoms with van der Waals surface area (Å²) in [6.07, 6.45) is 2.97. The van der Waals surface area contributed by atoms with Crippen molar-refractivity contribution in [1.29, 1.82) is 5.41 Å². The van der Waals surface area contributed by atoms with E-state index < -0.39 is 28.5 Å². The Labute approximate surface area is 240 Å². The normalized spacial score (nSPS) is 11.4. The Kier molecular flexibility index (Phi) is 11.7. The number of nitrogens with zero attached hydrogens (tertiary/aromatic N) is 1. The van der Waals surface area contributed by atoms with Crippen LogP contribution in [-0.2, 0) is 44.0 Å². The first-order chi connectivity index (χ1) is 19.6. The minimum atomic E-state index is -4.38. The minimum Gasteiger partial charge on any atom is -0.480 e. The number of rotatable bonds is 16. The number of aryl methyl sites for hydroxylation is 1. The Balaban J connectivity index is 1.63. The molecule has 0 saturated heterocycles. The Morgan fingerprint density at radius 2 is 1.68 bits per heavy atom. The van der Waals surface area contributed by atoms with Crippen LogP contribution in [0.1, 0.15) is 54.9 Å². The molecule has 3 rings (SSSR count). The van der Waals surface area contributed by atoms with Gasteiger partial charge in [0, 0.05) is 24.2 Å². The van der Waals surface area contributed by atoms with Gasteiger partial charge in [-0.25, -0.2) is 8.42 Å². The van der Waals surface area contributed by atoms with Crippen molar-refractivity contribution < 1.29 is 32.7 Å². The van der Waals surface area contributed by atoms with Crippen molar-refractivity contribution in [3.8, 4) is 5.75 Å². The number of benzene rings is 3. The molecule has 0 unspecified atom stereocenters. The van der Waals surface area contributed by atoms with Crippen LogP contribution in [0.25, 0.3) is 0 Å². The van der Waals surface area contributed by atoms with Crippen molar-refractivity contribution in [3.63, 3.8) is 0 Å². The van der Waals surface area contributed by atoms with E-state index in [-0.39, 0.29) is 35.8 Å². The van der Waals surface area contributed by atoms with E-state index in [9.17, 15) is 23.1 Å². The molecule has 0 fully saturated rings. The van der Waals surface area contributed by atoms with Crippen LogP contribution in [0, 0.1) is 5.41 Å². The van der Waals surface area contributed by atoms with Gasteiger partial charge in [0.05, 0.1) is 11.5 Å². The maximum absolute atomic E-state index is 13.2. The summed E-state index contributed by atoms with van der Waals surface area (Å²) in [5.41, 5.74) is 9.28. The standard InChI is InChI=1S/C30H35N3O7S/c1-2-7-27(32)24-14-12-22(13-15-24)10-6-11-30(36)40-28-17-16-26(18-25(28)19-31)41(37,38)33(20-29(34)35)39-21-23-8-4-3-5-9-23/h3-5,8-9,12-18,32H,2,6-7,10-11,19-21,31H2,1H3,(H,34,35). The molecule has 3 aromatic carbocycles. The zero-order valence-corrected chi connectivity index (χ0v) is 23.7. The fourth-order valence-electron chi connectivity index (χ4n) is 4.00. The molecule has 0 aliphatic carbocycles. The number of esters is 1. The van der Waals surface area contributed by atoms with Crippen molar-refractivity contribution in [2.75, 3.05) is 6.54 Å². The monoisotopic (exact) mass is 581 g/mol. The van der Waals surface area contributed by atoms with Crippen molar-refractivity contribution in [1.82, 2.24) is 4.47 Å². The van der Waals surface area contributed by atoms with Gasteiger partial charge in [-0.1, -0.05) is 72.4 Å². The number of carbonyl (C=O) groups is 2. The first-order valence-corrected chi connectivity index (χ1v) is 14.7. The van der Waals surface area contributed by atoms with Gasteiger partial charge < -0.3 is 21.0 Å². The molecule has 0 aliphatic rings. The van der Waals surface area contributed by atoms with Gasteiger partial charge in [0.25, 0.3) is 10.0 Å². The Morgan fingerprint density at radius 3 is 2.32 bits per heavy atom. The van der Waals surface area contributed by atoms with Crippen molar-refractivity contribution in [3.05, 3.63) is 95.1 Å². The first-order valence-electron chi connectivity index (χ1n) is 13.3. The number of carbonyl (C=O) groups excluding carboxylic acids is 1. The van der Waals surface area contributed by atoms with Crippen LogP contribution in [0.5, 0.6) is 5.75 Å². The van der Waals surface area contributed by atoms with E-state index in [1.807, 2.05) is 31.2 Å². The smallest absolute Gasteiger partial charge is 0.321 e. The summed E-state index contributed by atoms with van der Waals surface area (Å²) in [5.74, 6) is -1.75. The van der Waals surface area contributed by atoms with E-state index in [1.165, 1.54) is 18.2 Å². The molecule has 218 valence electrons. The number of aliphatic carboxylic acids is 1. The molecular formula is C30H35N3O7S. The molecule has 3 aromatic rings. The number of nitrogens with two attached hydrogens (primary N) is 1. The topological polar surface area (TPSA) is 160 Å². The highest BCUT2D eigenvalue weighted by atomic mass is 32.2. The summed E-state index contributed by atoms with van der Waals surface area (Å²) in [6, 6.07) is 20.3. The quantitative estimate of drug-likeness (QED) is 0.0968. The van der Waals surface area contributed by atoms with E-state index in [1.54, 1.807) is 30.3 Å². The lowest BCUT2D eigenvalue weighted by atomic mass is 10.0. The number of carboxylic acids is 1. The summed E-state index contributed by atoms with van der Waals surface area (Å²) < 4.78 is 32.4. The van der Waals surface area contributed by atoms with E-state index in [2.05, 4.69) is 0 Å². The molecule has 0 amide bonds.